The molecule has 0 aliphatic carbocycles. The predicted molar refractivity (Wildman–Crippen MR) is 245 cm³/mol. The Kier molecular flexibility index (Phi) is 7.89. The van der Waals surface area contributed by atoms with E-state index in [-0.39, 0.29) is 0 Å². The van der Waals surface area contributed by atoms with Crippen LogP contribution < -0.4 is 4.90 Å². The van der Waals surface area contributed by atoms with Crippen LogP contribution in [-0.2, 0) is 0 Å². The lowest BCUT2D eigenvalue weighted by Crippen LogP contribution is -2.10. The minimum atomic E-state index is 1.11. The van der Waals surface area contributed by atoms with E-state index in [2.05, 4.69) is 229 Å². The van der Waals surface area contributed by atoms with Gasteiger partial charge in [-0.2, -0.15) is 0 Å². The van der Waals surface area contributed by atoms with Gasteiger partial charge in [0.2, 0.25) is 0 Å². The summed E-state index contributed by atoms with van der Waals surface area (Å²) >= 11 is 0. The van der Waals surface area contributed by atoms with E-state index in [1.807, 2.05) is 0 Å². The normalized spacial score (nSPS) is 11.5. The zero-order chi connectivity index (χ0) is 37.7. The molecule has 0 heterocycles. The zero-order valence-corrected chi connectivity index (χ0v) is 31.3. The van der Waals surface area contributed by atoms with Gasteiger partial charge in [0.05, 0.1) is 0 Å². The van der Waals surface area contributed by atoms with Crippen molar-refractivity contribution in [3.05, 3.63) is 224 Å². The van der Waals surface area contributed by atoms with Crippen molar-refractivity contribution in [1.82, 2.24) is 0 Å². The van der Waals surface area contributed by atoms with Gasteiger partial charge in [-0.15, -0.1) is 0 Å². The number of hydrogen-bond acceptors (Lipinski definition) is 1. The number of benzene rings is 11. The molecule has 0 saturated carbocycles. The highest BCUT2D eigenvalue weighted by molar-refractivity contribution is 6.21. The Labute approximate surface area is 332 Å². The quantitative estimate of drug-likeness (QED) is 0.154. The third kappa shape index (κ3) is 5.80. The van der Waals surface area contributed by atoms with Crippen molar-refractivity contribution >= 4 is 70.9 Å². The van der Waals surface area contributed by atoms with Crippen LogP contribution in [0.15, 0.2) is 224 Å². The fraction of sp³-hybridized carbons (Fsp3) is 0. The topological polar surface area (TPSA) is 3.24 Å². The molecule has 11 aromatic carbocycles. The van der Waals surface area contributed by atoms with Crippen molar-refractivity contribution in [2.45, 2.75) is 0 Å². The summed E-state index contributed by atoms with van der Waals surface area (Å²) in [5.74, 6) is 0. The molecule has 0 spiro atoms. The summed E-state index contributed by atoms with van der Waals surface area (Å²) < 4.78 is 0. The van der Waals surface area contributed by atoms with Crippen LogP contribution >= 0.6 is 0 Å². The second-order valence-corrected chi connectivity index (χ2v) is 14.9. The minimum absolute atomic E-state index is 1.11. The molecule has 57 heavy (non-hydrogen) atoms. The summed E-state index contributed by atoms with van der Waals surface area (Å²) in [4.78, 5) is 2.40. The highest BCUT2D eigenvalue weighted by Crippen LogP contribution is 2.42. The molecule has 11 rings (SSSR count). The highest BCUT2D eigenvalue weighted by atomic mass is 15.1. The minimum Gasteiger partial charge on any atom is -0.310 e. The number of fused-ring (bicyclic) bond motifs is 8. The summed E-state index contributed by atoms with van der Waals surface area (Å²) in [5, 5.41) is 12.7. The first-order chi connectivity index (χ1) is 28.2. The second kappa shape index (κ2) is 13.7. The molecule has 0 aliphatic rings. The first-order valence-electron chi connectivity index (χ1n) is 19.7. The second-order valence-electron chi connectivity index (χ2n) is 14.9. The summed E-state index contributed by atoms with van der Waals surface area (Å²) in [6, 6.07) is 82.1. The van der Waals surface area contributed by atoms with E-state index >= 15 is 0 Å². The molecule has 266 valence electrons. The average molecular weight is 724 g/mol. The van der Waals surface area contributed by atoms with Gasteiger partial charge < -0.3 is 4.90 Å². The maximum absolute atomic E-state index is 2.40. The third-order valence-electron chi connectivity index (χ3n) is 11.6. The Morgan fingerprint density at radius 3 is 1.35 bits per heavy atom. The molecule has 0 aromatic heterocycles. The van der Waals surface area contributed by atoms with Gasteiger partial charge in [0.25, 0.3) is 0 Å². The van der Waals surface area contributed by atoms with Crippen molar-refractivity contribution in [3.63, 3.8) is 0 Å². The third-order valence-corrected chi connectivity index (χ3v) is 11.6. The van der Waals surface area contributed by atoms with Crippen LogP contribution in [-0.4, -0.2) is 0 Å². The zero-order valence-electron chi connectivity index (χ0n) is 31.3. The highest BCUT2D eigenvalue weighted by Gasteiger charge is 2.17. The smallest absolute Gasteiger partial charge is 0.0468 e. The van der Waals surface area contributed by atoms with E-state index in [0.717, 1.165) is 17.1 Å². The molecule has 0 fully saturated rings. The predicted octanol–water partition coefficient (Wildman–Crippen LogP) is 15.9. The van der Waals surface area contributed by atoms with Gasteiger partial charge in [-0.05, 0) is 130 Å². The lowest BCUT2D eigenvalue weighted by molar-refractivity contribution is 1.29. The Balaban J connectivity index is 1.03. The molecule has 0 atom stereocenters. The number of rotatable bonds is 6. The Bertz CT molecular complexity index is 3290. The standard InChI is InChI=1S/C56H37N/c1-2-12-38(13-3-1)44-16-10-18-46(34-44)57(48-32-30-43-29-28-40-14-4-6-20-49(40)54(43)36-48)47-19-11-17-45(35-47)39-24-26-42(27-25-39)55-37-56-50-21-7-5-15-41(50)31-33-53(56)51-22-8-9-23-52(51)55/h1-37H. The van der Waals surface area contributed by atoms with Crippen LogP contribution in [0.25, 0.3) is 87.2 Å². The van der Waals surface area contributed by atoms with Gasteiger partial charge in [-0.1, -0.05) is 182 Å². The molecule has 1 nitrogen and oxygen atoms in total. The summed E-state index contributed by atoms with van der Waals surface area (Å²) in [6.45, 7) is 0. The van der Waals surface area contributed by atoms with Crippen molar-refractivity contribution in [2.24, 2.45) is 0 Å². The molecule has 0 radical (unpaired) electrons. The van der Waals surface area contributed by atoms with Crippen LogP contribution in [0.1, 0.15) is 0 Å². The Hall–Kier alpha value is -7.48. The monoisotopic (exact) mass is 723 g/mol. The fourth-order valence-electron chi connectivity index (χ4n) is 8.80. The van der Waals surface area contributed by atoms with Crippen LogP contribution in [0.4, 0.5) is 17.1 Å². The van der Waals surface area contributed by atoms with Crippen molar-refractivity contribution in [2.75, 3.05) is 4.90 Å². The largest absolute Gasteiger partial charge is 0.310 e. The lowest BCUT2D eigenvalue weighted by Gasteiger charge is -2.27. The molecule has 0 N–H and O–H groups in total. The summed E-state index contributed by atoms with van der Waals surface area (Å²) in [5.41, 5.74) is 10.5. The van der Waals surface area contributed by atoms with Crippen LogP contribution in [0.2, 0.25) is 0 Å². The number of hydrogen-bond donors (Lipinski definition) is 0. The van der Waals surface area contributed by atoms with Crippen molar-refractivity contribution < 1.29 is 0 Å². The van der Waals surface area contributed by atoms with E-state index in [1.54, 1.807) is 0 Å². The summed E-state index contributed by atoms with van der Waals surface area (Å²) in [7, 11) is 0. The first kappa shape index (κ1) is 32.9. The average Bonchev–Trinajstić information content (AvgIpc) is 3.29. The Morgan fingerprint density at radius 2 is 0.667 bits per heavy atom. The van der Waals surface area contributed by atoms with E-state index in [0.29, 0.717) is 0 Å². The molecular formula is C56H37N. The maximum atomic E-state index is 2.40. The number of nitrogens with zero attached hydrogens (tertiary/aromatic N) is 1. The molecule has 0 aliphatic heterocycles. The van der Waals surface area contributed by atoms with Crippen LogP contribution in [0.3, 0.4) is 0 Å². The van der Waals surface area contributed by atoms with Crippen LogP contribution in [0, 0.1) is 0 Å². The Morgan fingerprint density at radius 1 is 0.211 bits per heavy atom. The lowest BCUT2D eigenvalue weighted by atomic mass is 9.90. The van der Waals surface area contributed by atoms with Crippen molar-refractivity contribution in [1.29, 1.82) is 0 Å². The van der Waals surface area contributed by atoms with E-state index in [9.17, 15) is 0 Å². The van der Waals surface area contributed by atoms with E-state index in [1.165, 1.54) is 87.2 Å². The molecule has 1 heteroatoms. The molecule has 0 bridgehead atoms. The van der Waals surface area contributed by atoms with E-state index < -0.39 is 0 Å². The number of anilines is 3. The SMILES string of the molecule is c1ccc(-c2cccc(N(c3cccc(-c4ccc(-c5cc6c7ccccc7ccc6c6ccccc56)cc4)c3)c3ccc4ccc5ccccc5c4c3)c2)cc1. The van der Waals surface area contributed by atoms with Gasteiger partial charge in [0.15, 0.2) is 0 Å². The molecule has 11 aromatic rings. The van der Waals surface area contributed by atoms with Gasteiger partial charge in [-0.25, -0.2) is 0 Å². The first-order valence-corrected chi connectivity index (χ1v) is 19.7. The van der Waals surface area contributed by atoms with Gasteiger partial charge in [0.1, 0.15) is 0 Å². The van der Waals surface area contributed by atoms with Crippen molar-refractivity contribution in [3.8, 4) is 33.4 Å². The van der Waals surface area contributed by atoms with E-state index in [4.69, 9.17) is 0 Å². The van der Waals surface area contributed by atoms with Gasteiger partial charge in [-0.3, -0.25) is 0 Å². The molecule has 0 amide bonds. The van der Waals surface area contributed by atoms with Gasteiger partial charge in [0, 0.05) is 17.1 Å². The summed E-state index contributed by atoms with van der Waals surface area (Å²) in [6.07, 6.45) is 0. The fourth-order valence-corrected chi connectivity index (χ4v) is 8.80. The maximum Gasteiger partial charge on any atom is 0.0468 e. The molecular weight excluding hydrogens is 687 g/mol. The van der Waals surface area contributed by atoms with Crippen LogP contribution in [0.5, 0.6) is 0 Å². The molecule has 0 unspecified atom stereocenters. The van der Waals surface area contributed by atoms with Gasteiger partial charge >= 0.3 is 0 Å². The molecule has 0 saturated heterocycles.